The maximum Gasteiger partial charge on any atom is 0.234 e. The van der Waals surface area contributed by atoms with Crippen LogP contribution in [0.2, 0.25) is 0 Å². The molecule has 0 aromatic carbocycles. The summed E-state index contributed by atoms with van der Waals surface area (Å²) in [6, 6.07) is 0. The molecule has 0 rings (SSSR count). The summed E-state index contributed by atoms with van der Waals surface area (Å²) in [4.78, 5) is 23.4. The van der Waals surface area contributed by atoms with Gasteiger partial charge in [0, 0.05) is 0 Å². The second kappa shape index (κ2) is 6.44. The van der Waals surface area contributed by atoms with Gasteiger partial charge in [0.05, 0.1) is 13.1 Å². The lowest BCUT2D eigenvalue weighted by molar-refractivity contribution is 0.264. The molecule has 0 bridgehead atoms. The van der Waals surface area contributed by atoms with Crippen LogP contribution in [-0.4, -0.2) is 19.2 Å². The maximum absolute atomic E-state index is 9.99. The van der Waals surface area contributed by atoms with Gasteiger partial charge in [-0.15, -0.1) is 0 Å². The van der Waals surface area contributed by atoms with Crippen LogP contribution in [0.4, 0.5) is 0 Å². The first-order valence-corrected chi connectivity index (χ1v) is 4.84. The van der Waals surface area contributed by atoms with E-state index in [-0.39, 0.29) is 5.41 Å². The third-order valence-electron chi connectivity index (χ3n) is 2.25. The Kier molecular flexibility index (Phi) is 5.97. The number of carbonyl (C=O) groups excluding carboxylic acids is 1. The van der Waals surface area contributed by atoms with Crippen LogP contribution in [0.25, 0.3) is 0 Å². The Labute approximate surface area is 84.8 Å². The van der Waals surface area contributed by atoms with Crippen LogP contribution in [0.5, 0.6) is 0 Å². The van der Waals surface area contributed by atoms with Crippen LogP contribution < -0.4 is 0 Å². The first-order valence-electron chi connectivity index (χ1n) is 4.84. The molecule has 0 N–H and O–H groups in total. The Balaban J connectivity index is 3.92. The van der Waals surface area contributed by atoms with Crippen LogP contribution in [0.3, 0.4) is 0 Å². The van der Waals surface area contributed by atoms with Crippen LogP contribution in [0, 0.1) is 16.2 Å². The van der Waals surface area contributed by atoms with Gasteiger partial charge in [-0.1, -0.05) is 25.9 Å². The van der Waals surface area contributed by atoms with Crippen LogP contribution in [-0.2, 0) is 4.79 Å². The molecule has 0 aromatic heterocycles. The highest BCUT2D eigenvalue weighted by Crippen LogP contribution is 2.29. The van der Waals surface area contributed by atoms with E-state index in [9.17, 15) is 9.70 Å². The van der Waals surface area contributed by atoms with E-state index in [2.05, 4.69) is 24.0 Å². The lowest BCUT2D eigenvalue weighted by atomic mass is 9.81. The molecule has 14 heavy (non-hydrogen) atoms. The summed E-state index contributed by atoms with van der Waals surface area (Å²) in [7, 11) is 0. The van der Waals surface area contributed by atoms with E-state index >= 15 is 0 Å². The van der Waals surface area contributed by atoms with Crippen molar-refractivity contribution in [2.45, 2.75) is 33.6 Å². The van der Waals surface area contributed by atoms with Gasteiger partial charge in [0.1, 0.15) is 0 Å². The van der Waals surface area contributed by atoms with Crippen molar-refractivity contribution in [1.82, 2.24) is 0 Å². The van der Waals surface area contributed by atoms with Gasteiger partial charge in [0.2, 0.25) is 6.08 Å². The zero-order valence-electron chi connectivity index (χ0n) is 9.12. The quantitative estimate of drug-likeness (QED) is 0.358. The number of hydrogen-bond acceptors (Lipinski definition) is 4. The summed E-state index contributed by atoms with van der Waals surface area (Å²) in [6.45, 7) is 7.10. The second-order valence-electron chi connectivity index (χ2n) is 4.51. The van der Waals surface area contributed by atoms with Crippen molar-refractivity contribution in [3.05, 3.63) is 4.91 Å². The monoisotopic (exact) mass is 198 g/mol. The Morgan fingerprint density at radius 1 is 1.43 bits per heavy atom. The molecule has 0 amide bonds. The normalized spacial score (nSPS) is 13.1. The zero-order chi connectivity index (χ0) is 11.0. The maximum atomic E-state index is 9.99. The summed E-state index contributed by atoms with van der Waals surface area (Å²) >= 11 is 0. The molecule has 1 unspecified atom stereocenters. The second-order valence-corrected chi connectivity index (χ2v) is 4.51. The fourth-order valence-corrected chi connectivity index (χ4v) is 1.65. The van der Waals surface area contributed by atoms with E-state index in [1.54, 1.807) is 0 Å². The van der Waals surface area contributed by atoms with Gasteiger partial charge < -0.3 is 0 Å². The van der Waals surface area contributed by atoms with Crippen molar-refractivity contribution in [3.8, 4) is 0 Å². The number of rotatable bonds is 7. The molecule has 0 saturated carbocycles. The summed E-state index contributed by atoms with van der Waals surface area (Å²) in [6.07, 6.45) is 3.26. The lowest BCUT2D eigenvalue weighted by Crippen LogP contribution is -2.18. The van der Waals surface area contributed by atoms with Gasteiger partial charge in [-0.05, 0) is 24.2 Å². The Morgan fingerprint density at radius 2 is 2.07 bits per heavy atom. The van der Waals surface area contributed by atoms with E-state index < -0.39 is 0 Å². The smallest absolute Gasteiger partial charge is 0.211 e. The SMILES string of the molecule is CC(CN=C=O)CC(C)(C)CCN=O. The standard InChI is InChI=1S/C10H18N2O2/c1-9(7-11-8-13)6-10(2,3)4-5-12-14/h9H,4-7H2,1-3H3. The van der Waals surface area contributed by atoms with Crippen LogP contribution in [0.15, 0.2) is 10.2 Å². The van der Waals surface area contributed by atoms with E-state index in [1.165, 1.54) is 6.08 Å². The zero-order valence-corrected chi connectivity index (χ0v) is 9.12. The van der Waals surface area contributed by atoms with E-state index in [1.807, 2.05) is 6.92 Å². The lowest BCUT2D eigenvalue weighted by Gasteiger charge is -2.26. The summed E-state index contributed by atoms with van der Waals surface area (Å²) < 4.78 is 0. The Morgan fingerprint density at radius 3 is 2.57 bits per heavy atom. The molecule has 0 aromatic rings. The predicted octanol–water partition coefficient (Wildman–Crippen LogP) is 2.53. The molecule has 0 aliphatic rings. The van der Waals surface area contributed by atoms with Crippen molar-refractivity contribution < 1.29 is 4.79 Å². The Hall–Kier alpha value is -1.02. The van der Waals surface area contributed by atoms with Gasteiger partial charge in [-0.25, -0.2) is 9.79 Å². The van der Waals surface area contributed by atoms with Crippen LogP contribution >= 0.6 is 0 Å². The van der Waals surface area contributed by atoms with Crippen LogP contribution in [0.1, 0.15) is 33.6 Å². The molecule has 4 nitrogen and oxygen atoms in total. The van der Waals surface area contributed by atoms with Gasteiger partial charge in [-0.3, -0.25) is 0 Å². The number of hydrogen-bond donors (Lipinski definition) is 0. The van der Waals surface area contributed by atoms with Crippen molar-refractivity contribution in [2.24, 2.45) is 21.5 Å². The van der Waals surface area contributed by atoms with Gasteiger partial charge in [-0.2, -0.15) is 4.91 Å². The van der Waals surface area contributed by atoms with E-state index in [0.29, 0.717) is 19.0 Å². The van der Waals surface area contributed by atoms with Gasteiger partial charge >= 0.3 is 0 Å². The molecule has 0 saturated heterocycles. The van der Waals surface area contributed by atoms with Crippen molar-refractivity contribution in [3.63, 3.8) is 0 Å². The largest absolute Gasteiger partial charge is 0.234 e. The molecule has 0 aliphatic heterocycles. The summed E-state index contributed by atoms with van der Waals surface area (Å²) in [5.41, 5.74) is 0.0890. The topological polar surface area (TPSA) is 58.9 Å². The molecule has 0 radical (unpaired) electrons. The molecular formula is C10H18N2O2. The highest BCUT2D eigenvalue weighted by atomic mass is 16.3. The molecule has 0 fully saturated rings. The van der Waals surface area contributed by atoms with E-state index in [4.69, 9.17) is 0 Å². The predicted molar refractivity (Wildman–Crippen MR) is 55.8 cm³/mol. The average molecular weight is 198 g/mol. The third-order valence-corrected chi connectivity index (χ3v) is 2.25. The van der Waals surface area contributed by atoms with Gasteiger partial charge in [0.25, 0.3) is 0 Å². The van der Waals surface area contributed by atoms with Crippen molar-refractivity contribution in [2.75, 3.05) is 13.1 Å². The van der Waals surface area contributed by atoms with E-state index in [0.717, 1.165) is 12.8 Å². The minimum absolute atomic E-state index is 0.0890. The molecule has 0 spiro atoms. The molecule has 4 heteroatoms. The third kappa shape index (κ3) is 6.49. The molecule has 80 valence electrons. The molecule has 0 aliphatic carbocycles. The number of nitroso groups, excluding NO2 is 1. The number of aliphatic imine (C=N–C) groups is 1. The van der Waals surface area contributed by atoms with Crippen molar-refractivity contribution in [1.29, 1.82) is 0 Å². The highest BCUT2D eigenvalue weighted by Gasteiger charge is 2.20. The minimum Gasteiger partial charge on any atom is -0.211 e. The minimum atomic E-state index is 0.0890. The first-order chi connectivity index (χ1) is 6.52. The molecule has 1 atom stereocenters. The van der Waals surface area contributed by atoms with Crippen molar-refractivity contribution >= 4 is 6.08 Å². The first kappa shape index (κ1) is 13.0. The number of nitrogens with zero attached hydrogens (tertiary/aromatic N) is 2. The Bertz CT molecular complexity index is 220. The average Bonchev–Trinajstić information content (AvgIpc) is 2.11. The summed E-state index contributed by atoms with van der Waals surface area (Å²) in [5, 5.41) is 2.85. The highest BCUT2D eigenvalue weighted by molar-refractivity contribution is 5.32. The summed E-state index contributed by atoms with van der Waals surface area (Å²) in [5.74, 6) is 0.345. The fraction of sp³-hybridized carbons (Fsp3) is 0.900. The number of isocyanates is 1. The molecule has 0 heterocycles. The fourth-order valence-electron chi connectivity index (χ4n) is 1.65. The van der Waals surface area contributed by atoms with Gasteiger partial charge in [0.15, 0.2) is 0 Å². The molecular weight excluding hydrogens is 180 g/mol.